The number of methoxy groups -OCH3 is 1. The summed E-state index contributed by atoms with van der Waals surface area (Å²) in [6.07, 6.45) is 1.70. The summed E-state index contributed by atoms with van der Waals surface area (Å²) >= 11 is 12.7. The van der Waals surface area contributed by atoms with Crippen LogP contribution in [0.2, 0.25) is 5.02 Å². The lowest BCUT2D eigenvalue weighted by Gasteiger charge is -2.12. The highest BCUT2D eigenvalue weighted by Crippen LogP contribution is 2.34. The quantitative estimate of drug-likeness (QED) is 0.567. The molecule has 7 heteroatoms. The minimum atomic E-state index is -0.127. The van der Waals surface area contributed by atoms with Gasteiger partial charge < -0.3 is 9.15 Å². The average Bonchev–Trinajstić information content (AvgIpc) is 3.12. The van der Waals surface area contributed by atoms with E-state index in [0.29, 0.717) is 38.9 Å². The first-order valence-corrected chi connectivity index (χ1v) is 8.79. The Bertz CT molecular complexity index is 816. The zero-order valence-electron chi connectivity index (χ0n) is 12.8. The number of hydrogen-bond acceptors (Lipinski definition) is 5. The van der Waals surface area contributed by atoms with Gasteiger partial charge in [0.25, 0.3) is 5.91 Å². The Balaban J connectivity index is 1.82. The van der Waals surface area contributed by atoms with Crippen molar-refractivity contribution in [2.24, 2.45) is 0 Å². The molecular formula is C17H14ClNO3S2. The largest absolute Gasteiger partial charge is 0.457 e. The van der Waals surface area contributed by atoms with Gasteiger partial charge in [-0.05, 0) is 24.3 Å². The van der Waals surface area contributed by atoms with Gasteiger partial charge in [-0.2, -0.15) is 0 Å². The number of nitrogens with zero attached hydrogens (tertiary/aromatic N) is 1. The van der Waals surface area contributed by atoms with E-state index in [-0.39, 0.29) is 5.91 Å². The molecule has 1 amide bonds. The van der Waals surface area contributed by atoms with Gasteiger partial charge in [0, 0.05) is 18.7 Å². The van der Waals surface area contributed by atoms with Crippen molar-refractivity contribution in [2.45, 2.75) is 0 Å². The Hall–Kier alpha value is -1.60. The van der Waals surface area contributed by atoms with Crippen LogP contribution in [0, 0.1) is 0 Å². The number of amides is 1. The van der Waals surface area contributed by atoms with Crippen LogP contribution in [-0.2, 0) is 9.53 Å². The highest BCUT2D eigenvalue weighted by molar-refractivity contribution is 8.26. The summed E-state index contributed by atoms with van der Waals surface area (Å²) in [4.78, 5) is 14.5. The average molecular weight is 380 g/mol. The summed E-state index contributed by atoms with van der Waals surface area (Å²) in [5.41, 5.74) is 0.812. The molecule has 4 nitrogen and oxygen atoms in total. The second-order valence-corrected chi connectivity index (χ2v) is 7.09. The second kappa shape index (κ2) is 7.53. The molecule has 0 saturated carbocycles. The van der Waals surface area contributed by atoms with E-state index in [1.807, 2.05) is 24.3 Å². The second-order valence-electron chi connectivity index (χ2n) is 5.01. The van der Waals surface area contributed by atoms with Crippen LogP contribution in [-0.4, -0.2) is 35.4 Å². The van der Waals surface area contributed by atoms with Gasteiger partial charge in [0.1, 0.15) is 15.8 Å². The summed E-state index contributed by atoms with van der Waals surface area (Å²) in [5, 5.41) is 0.615. The van der Waals surface area contributed by atoms with E-state index in [9.17, 15) is 4.79 Å². The molecule has 2 heterocycles. The van der Waals surface area contributed by atoms with Gasteiger partial charge in [-0.3, -0.25) is 9.69 Å². The Morgan fingerprint density at radius 2 is 2.12 bits per heavy atom. The number of carbonyl (C=O) groups is 1. The number of rotatable bonds is 5. The SMILES string of the molecule is COCCN1C(=O)C(=Cc2ccc(-c3ccccc3Cl)o2)SC1=S. The number of thioether (sulfide) groups is 1. The molecular weight excluding hydrogens is 366 g/mol. The van der Waals surface area contributed by atoms with Crippen LogP contribution in [0.1, 0.15) is 5.76 Å². The summed E-state index contributed by atoms with van der Waals surface area (Å²) < 4.78 is 11.3. The van der Waals surface area contributed by atoms with Crippen LogP contribution in [0.15, 0.2) is 45.7 Å². The molecule has 1 aliphatic rings. The maximum Gasteiger partial charge on any atom is 0.266 e. The molecule has 1 fully saturated rings. The first-order chi connectivity index (χ1) is 11.6. The lowest BCUT2D eigenvalue weighted by molar-refractivity contribution is -0.122. The lowest BCUT2D eigenvalue weighted by atomic mass is 10.2. The van der Waals surface area contributed by atoms with Gasteiger partial charge in [0.05, 0.1) is 23.1 Å². The summed E-state index contributed by atoms with van der Waals surface area (Å²) in [6, 6.07) is 11.1. The Morgan fingerprint density at radius 1 is 1.33 bits per heavy atom. The van der Waals surface area contributed by atoms with Crippen molar-refractivity contribution >= 4 is 51.9 Å². The molecule has 0 N–H and O–H groups in total. The lowest BCUT2D eigenvalue weighted by Crippen LogP contribution is -2.31. The Morgan fingerprint density at radius 3 is 2.88 bits per heavy atom. The van der Waals surface area contributed by atoms with Crippen LogP contribution in [0.5, 0.6) is 0 Å². The first kappa shape index (κ1) is 17.2. The van der Waals surface area contributed by atoms with Crippen LogP contribution < -0.4 is 0 Å². The summed E-state index contributed by atoms with van der Waals surface area (Å²) in [5.74, 6) is 1.11. The number of carbonyl (C=O) groups excluding carboxylic acids is 1. The molecule has 124 valence electrons. The molecule has 0 spiro atoms. The predicted molar refractivity (Wildman–Crippen MR) is 101 cm³/mol. The van der Waals surface area contributed by atoms with Crippen molar-refractivity contribution in [3.8, 4) is 11.3 Å². The maximum absolute atomic E-state index is 12.4. The van der Waals surface area contributed by atoms with E-state index in [2.05, 4.69) is 0 Å². The van der Waals surface area contributed by atoms with Crippen LogP contribution in [0.25, 0.3) is 17.4 Å². The Kier molecular flexibility index (Phi) is 5.40. The third kappa shape index (κ3) is 3.57. The third-order valence-electron chi connectivity index (χ3n) is 3.43. The maximum atomic E-state index is 12.4. The number of ether oxygens (including phenoxy) is 1. The minimum Gasteiger partial charge on any atom is -0.457 e. The van der Waals surface area contributed by atoms with Crippen molar-refractivity contribution < 1.29 is 13.9 Å². The van der Waals surface area contributed by atoms with Crippen molar-refractivity contribution in [1.82, 2.24) is 4.90 Å². The molecule has 1 aromatic heterocycles. The van der Waals surface area contributed by atoms with Crippen molar-refractivity contribution in [3.63, 3.8) is 0 Å². The monoisotopic (exact) mass is 379 g/mol. The molecule has 0 radical (unpaired) electrons. The van der Waals surface area contributed by atoms with E-state index in [4.69, 9.17) is 33.0 Å². The zero-order valence-corrected chi connectivity index (χ0v) is 15.2. The highest BCUT2D eigenvalue weighted by Gasteiger charge is 2.31. The molecule has 3 rings (SSSR count). The molecule has 1 saturated heterocycles. The molecule has 0 unspecified atom stereocenters. The third-order valence-corrected chi connectivity index (χ3v) is 5.14. The van der Waals surface area contributed by atoms with E-state index in [1.54, 1.807) is 25.3 Å². The zero-order chi connectivity index (χ0) is 17.1. The number of thiocarbonyl (C=S) groups is 1. The van der Waals surface area contributed by atoms with Gasteiger partial charge in [-0.1, -0.05) is 47.7 Å². The topological polar surface area (TPSA) is 42.7 Å². The minimum absolute atomic E-state index is 0.127. The van der Waals surface area contributed by atoms with Crippen LogP contribution >= 0.6 is 35.6 Å². The smallest absolute Gasteiger partial charge is 0.266 e. The molecule has 0 aliphatic carbocycles. The van der Waals surface area contributed by atoms with E-state index < -0.39 is 0 Å². The molecule has 1 aliphatic heterocycles. The number of furan rings is 1. The van der Waals surface area contributed by atoms with Crippen molar-refractivity contribution in [3.05, 3.63) is 52.1 Å². The predicted octanol–water partition coefficient (Wildman–Crippen LogP) is 4.45. The highest BCUT2D eigenvalue weighted by atomic mass is 35.5. The van der Waals surface area contributed by atoms with Gasteiger partial charge in [0.2, 0.25) is 0 Å². The normalized spacial score (nSPS) is 16.4. The van der Waals surface area contributed by atoms with Crippen LogP contribution in [0.3, 0.4) is 0 Å². The fourth-order valence-corrected chi connectivity index (χ4v) is 3.76. The molecule has 1 aromatic carbocycles. The Labute approximate surface area is 154 Å². The van der Waals surface area contributed by atoms with E-state index in [0.717, 1.165) is 5.56 Å². The molecule has 24 heavy (non-hydrogen) atoms. The summed E-state index contributed by atoms with van der Waals surface area (Å²) in [7, 11) is 1.59. The first-order valence-electron chi connectivity index (χ1n) is 7.19. The van der Waals surface area contributed by atoms with E-state index >= 15 is 0 Å². The van der Waals surface area contributed by atoms with Gasteiger partial charge in [-0.15, -0.1) is 0 Å². The van der Waals surface area contributed by atoms with E-state index in [1.165, 1.54) is 16.7 Å². The number of hydrogen-bond donors (Lipinski definition) is 0. The van der Waals surface area contributed by atoms with Gasteiger partial charge >= 0.3 is 0 Å². The number of halogens is 1. The standard InChI is InChI=1S/C17H14ClNO3S2/c1-21-9-8-19-16(20)15(24-17(19)23)10-11-6-7-14(22-11)12-4-2-3-5-13(12)18/h2-7,10H,8-9H2,1H3. The molecule has 0 atom stereocenters. The molecule has 2 aromatic rings. The van der Waals surface area contributed by atoms with Gasteiger partial charge in [-0.25, -0.2) is 0 Å². The fraction of sp³-hybridized carbons (Fsp3) is 0.176. The fourth-order valence-electron chi connectivity index (χ4n) is 2.24. The summed E-state index contributed by atoms with van der Waals surface area (Å²) in [6.45, 7) is 0.888. The number of benzene rings is 1. The van der Waals surface area contributed by atoms with Crippen LogP contribution in [0.4, 0.5) is 0 Å². The van der Waals surface area contributed by atoms with Crippen molar-refractivity contribution in [2.75, 3.05) is 20.3 Å². The molecule has 0 bridgehead atoms. The van der Waals surface area contributed by atoms with Gasteiger partial charge in [0.15, 0.2) is 0 Å². The van der Waals surface area contributed by atoms with Crippen molar-refractivity contribution in [1.29, 1.82) is 0 Å².